The number of amides is 1. The van der Waals surface area contributed by atoms with Gasteiger partial charge in [-0.3, -0.25) is 4.79 Å². The summed E-state index contributed by atoms with van der Waals surface area (Å²) in [5.41, 5.74) is 0.625. The van der Waals surface area contributed by atoms with Gasteiger partial charge < -0.3 is 19.1 Å². The Hall–Kier alpha value is -2.64. The minimum absolute atomic E-state index is 0.00293. The van der Waals surface area contributed by atoms with Crippen molar-refractivity contribution in [3.05, 3.63) is 29.8 Å². The van der Waals surface area contributed by atoms with E-state index in [4.69, 9.17) is 4.42 Å². The van der Waals surface area contributed by atoms with E-state index < -0.39 is 0 Å². The first-order chi connectivity index (χ1) is 11.1. The van der Waals surface area contributed by atoms with E-state index in [0.717, 1.165) is 0 Å². The number of aryl methyl sites for hydroxylation is 1. The maximum atomic E-state index is 12.8. The second-order valence-corrected chi connectivity index (χ2v) is 5.65. The molecule has 0 aliphatic carbocycles. The molecule has 0 radical (unpaired) electrons. The summed E-state index contributed by atoms with van der Waals surface area (Å²) in [6.07, 6.45) is 1.70. The van der Waals surface area contributed by atoms with Crippen LogP contribution in [0.15, 0.2) is 22.7 Å². The van der Waals surface area contributed by atoms with E-state index in [2.05, 4.69) is 15.2 Å². The van der Waals surface area contributed by atoms with Crippen LogP contribution in [0.5, 0.6) is 0 Å². The highest BCUT2D eigenvalue weighted by Gasteiger charge is 2.26. The van der Waals surface area contributed by atoms with E-state index >= 15 is 0 Å². The van der Waals surface area contributed by atoms with Gasteiger partial charge in [0.25, 0.3) is 5.91 Å². The van der Waals surface area contributed by atoms with E-state index in [1.807, 2.05) is 34.9 Å². The number of hydrogen-bond acceptors (Lipinski definition) is 7. The predicted molar refractivity (Wildman–Crippen MR) is 85.7 cm³/mol. The molecule has 1 saturated heterocycles. The third-order valence-electron chi connectivity index (χ3n) is 3.79. The summed E-state index contributed by atoms with van der Waals surface area (Å²) in [6, 6.07) is 4.13. The number of rotatable bonds is 3. The normalized spacial score (nSPS) is 14.9. The lowest BCUT2D eigenvalue weighted by molar-refractivity contribution is 0.0745. The Bertz CT molecular complexity index is 691. The number of aromatic nitrogens is 3. The van der Waals surface area contributed by atoms with Gasteiger partial charge in [0.15, 0.2) is 0 Å². The zero-order valence-corrected chi connectivity index (χ0v) is 13.6. The number of anilines is 2. The fourth-order valence-electron chi connectivity index (χ4n) is 2.61. The van der Waals surface area contributed by atoms with E-state index in [-0.39, 0.29) is 5.91 Å². The molecule has 23 heavy (non-hydrogen) atoms. The lowest BCUT2D eigenvalue weighted by Crippen LogP contribution is -2.49. The molecular formula is C15H20N6O2. The zero-order chi connectivity index (χ0) is 16.4. The predicted octanol–water partition coefficient (Wildman–Crippen LogP) is 0.801. The standard InChI is InChI=1S/C15H20N6O2/c1-11-17-18-15(23-11)21-9-7-20(8-10-21)14(22)12-5-4-6-16-13(12)19(2)3/h4-6H,7-10H2,1-3H3. The van der Waals surface area contributed by atoms with Crippen LogP contribution in [0.3, 0.4) is 0 Å². The molecular weight excluding hydrogens is 296 g/mol. The molecule has 0 saturated carbocycles. The lowest BCUT2D eigenvalue weighted by Gasteiger charge is -2.34. The molecule has 8 nitrogen and oxygen atoms in total. The van der Waals surface area contributed by atoms with Crippen LogP contribution < -0.4 is 9.80 Å². The molecule has 122 valence electrons. The third-order valence-corrected chi connectivity index (χ3v) is 3.79. The Kier molecular flexibility index (Phi) is 4.14. The molecule has 1 fully saturated rings. The van der Waals surface area contributed by atoms with Crippen molar-refractivity contribution < 1.29 is 9.21 Å². The van der Waals surface area contributed by atoms with Gasteiger partial charge in [-0.25, -0.2) is 4.98 Å². The number of pyridine rings is 1. The van der Waals surface area contributed by atoms with E-state index in [0.29, 0.717) is 49.5 Å². The second kappa shape index (κ2) is 6.23. The topological polar surface area (TPSA) is 78.6 Å². The Balaban J connectivity index is 1.69. The summed E-state index contributed by atoms with van der Waals surface area (Å²) in [7, 11) is 3.77. The summed E-state index contributed by atoms with van der Waals surface area (Å²) in [4.78, 5) is 22.7. The molecule has 0 aromatic carbocycles. The van der Waals surface area contributed by atoms with E-state index in [1.54, 1.807) is 19.2 Å². The molecule has 0 spiro atoms. The Morgan fingerprint density at radius 1 is 1.22 bits per heavy atom. The van der Waals surface area contributed by atoms with Crippen molar-refractivity contribution >= 4 is 17.7 Å². The van der Waals surface area contributed by atoms with Crippen molar-refractivity contribution in [3.8, 4) is 0 Å². The van der Waals surface area contributed by atoms with Gasteiger partial charge in [-0.2, -0.15) is 0 Å². The van der Waals surface area contributed by atoms with Gasteiger partial charge in [0.1, 0.15) is 5.82 Å². The van der Waals surface area contributed by atoms with Crippen molar-refractivity contribution in [2.75, 3.05) is 50.1 Å². The van der Waals surface area contributed by atoms with Crippen LogP contribution in [0.4, 0.5) is 11.8 Å². The van der Waals surface area contributed by atoms with E-state index in [1.165, 1.54) is 0 Å². The number of hydrogen-bond donors (Lipinski definition) is 0. The van der Waals surface area contributed by atoms with Crippen LogP contribution in [0.25, 0.3) is 0 Å². The van der Waals surface area contributed by atoms with Crippen LogP contribution in [0.1, 0.15) is 16.2 Å². The fourth-order valence-corrected chi connectivity index (χ4v) is 2.61. The third kappa shape index (κ3) is 3.10. The number of carbonyl (C=O) groups is 1. The molecule has 1 aliphatic rings. The molecule has 1 aliphatic heterocycles. The maximum Gasteiger partial charge on any atom is 0.318 e. The Labute approximate surface area is 134 Å². The molecule has 3 heterocycles. The van der Waals surface area contributed by atoms with Crippen molar-refractivity contribution in [2.45, 2.75) is 6.92 Å². The molecule has 0 N–H and O–H groups in total. The van der Waals surface area contributed by atoms with Crippen LogP contribution in [0, 0.1) is 6.92 Å². The number of carbonyl (C=O) groups excluding carboxylic acids is 1. The van der Waals surface area contributed by atoms with Gasteiger partial charge in [0.05, 0.1) is 5.56 Å². The summed E-state index contributed by atoms with van der Waals surface area (Å²) in [6.45, 7) is 4.33. The van der Waals surface area contributed by atoms with Crippen LogP contribution in [-0.2, 0) is 0 Å². The maximum absolute atomic E-state index is 12.8. The van der Waals surface area contributed by atoms with Crippen LogP contribution in [0.2, 0.25) is 0 Å². The highest BCUT2D eigenvalue weighted by molar-refractivity contribution is 5.99. The van der Waals surface area contributed by atoms with Gasteiger partial charge >= 0.3 is 6.01 Å². The number of nitrogens with zero attached hydrogens (tertiary/aromatic N) is 6. The highest BCUT2D eigenvalue weighted by Crippen LogP contribution is 2.19. The SMILES string of the molecule is Cc1nnc(N2CCN(C(=O)c3cccnc3N(C)C)CC2)o1. The summed E-state index contributed by atoms with van der Waals surface area (Å²) >= 11 is 0. The molecule has 0 unspecified atom stereocenters. The quantitative estimate of drug-likeness (QED) is 0.828. The lowest BCUT2D eigenvalue weighted by atomic mass is 10.2. The summed E-state index contributed by atoms with van der Waals surface area (Å²) in [5.74, 6) is 1.24. The van der Waals surface area contributed by atoms with E-state index in [9.17, 15) is 4.79 Å². The smallest absolute Gasteiger partial charge is 0.318 e. The molecule has 0 bridgehead atoms. The van der Waals surface area contributed by atoms with Gasteiger partial charge in [-0.05, 0) is 12.1 Å². The summed E-state index contributed by atoms with van der Waals surface area (Å²) in [5, 5.41) is 7.87. The minimum atomic E-state index is 0.00293. The van der Waals surface area contributed by atoms with Gasteiger partial charge in [0, 0.05) is 53.4 Å². The van der Waals surface area contributed by atoms with Gasteiger partial charge in [-0.1, -0.05) is 5.10 Å². The average Bonchev–Trinajstić information content (AvgIpc) is 3.01. The van der Waals surface area contributed by atoms with Crippen molar-refractivity contribution in [1.29, 1.82) is 0 Å². The second-order valence-electron chi connectivity index (χ2n) is 5.65. The zero-order valence-electron chi connectivity index (χ0n) is 13.6. The first kappa shape index (κ1) is 15.3. The molecule has 2 aromatic rings. The summed E-state index contributed by atoms with van der Waals surface area (Å²) < 4.78 is 5.44. The molecule has 1 amide bonds. The largest absolute Gasteiger partial charge is 0.408 e. The van der Waals surface area contributed by atoms with Crippen LogP contribution >= 0.6 is 0 Å². The monoisotopic (exact) mass is 316 g/mol. The van der Waals surface area contributed by atoms with Crippen LogP contribution in [-0.4, -0.2) is 66.3 Å². The van der Waals surface area contributed by atoms with Crippen molar-refractivity contribution in [3.63, 3.8) is 0 Å². The molecule has 8 heteroatoms. The van der Waals surface area contributed by atoms with Gasteiger partial charge in [0.2, 0.25) is 5.89 Å². The molecule has 0 atom stereocenters. The molecule has 2 aromatic heterocycles. The van der Waals surface area contributed by atoms with Gasteiger partial charge in [-0.15, -0.1) is 5.10 Å². The van der Waals surface area contributed by atoms with Crippen molar-refractivity contribution in [2.24, 2.45) is 0 Å². The first-order valence-electron chi connectivity index (χ1n) is 7.53. The fraction of sp³-hybridized carbons (Fsp3) is 0.467. The Morgan fingerprint density at radius 2 is 1.96 bits per heavy atom. The first-order valence-corrected chi connectivity index (χ1v) is 7.53. The molecule has 3 rings (SSSR count). The minimum Gasteiger partial charge on any atom is -0.408 e. The van der Waals surface area contributed by atoms with Crippen molar-refractivity contribution in [1.82, 2.24) is 20.1 Å². The Morgan fingerprint density at radius 3 is 2.57 bits per heavy atom. The highest BCUT2D eigenvalue weighted by atomic mass is 16.4. The number of piperazine rings is 1. The average molecular weight is 316 g/mol.